The number of urea groups is 1. The lowest BCUT2D eigenvalue weighted by Crippen LogP contribution is -2.47. The Labute approximate surface area is 174 Å². The highest BCUT2D eigenvalue weighted by Gasteiger charge is 2.23. The van der Waals surface area contributed by atoms with Gasteiger partial charge in [-0.1, -0.05) is 12.8 Å². The molecule has 0 radical (unpaired) electrons. The first kappa shape index (κ1) is 23.0. The molecule has 0 aliphatic heterocycles. The second-order valence-corrected chi connectivity index (χ2v) is 6.86. The molecule has 2 rings (SSSR count). The fraction of sp³-hybridized carbons (Fsp3) is 0.500. The smallest absolute Gasteiger partial charge is 0.326 e. The third-order valence-electron chi connectivity index (χ3n) is 4.61. The van der Waals surface area contributed by atoms with E-state index in [0.717, 1.165) is 25.7 Å². The molecule has 0 heterocycles. The molecule has 1 aromatic carbocycles. The highest BCUT2D eigenvalue weighted by Crippen LogP contribution is 2.22. The van der Waals surface area contributed by atoms with Crippen molar-refractivity contribution < 1.29 is 33.4 Å². The third-order valence-corrected chi connectivity index (χ3v) is 4.61. The van der Waals surface area contributed by atoms with Crippen molar-refractivity contribution in [2.75, 3.05) is 20.8 Å². The average Bonchev–Trinajstić information content (AvgIpc) is 3.24. The van der Waals surface area contributed by atoms with Crippen LogP contribution in [0.4, 0.5) is 4.79 Å². The van der Waals surface area contributed by atoms with E-state index in [-0.39, 0.29) is 11.6 Å². The number of methoxy groups -OCH3 is 2. The number of benzene rings is 1. The van der Waals surface area contributed by atoms with Gasteiger partial charge in [0.25, 0.3) is 11.8 Å². The minimum absolute atomic E-state index is 0.0566. The van der Waals surface area contributed by atoms with E-state index in [1.807, 2.05) is 0 Å². The minimum atomic E-state index is -1.19. The predicted molar refractivity (Wildman–Crippen MR) is 106 cm³/mol. The summed E-state index contributed by atoms with van der Waals surface area (Å²) in [5.41, 5.74) is 0.230. The van der Waals surface area contributed by atoms with Crippen molar-refractivity contribution in [3.63, 3.8) is 0 Å². The van der Waals surface area contributed by atoms with Gasteiger partial charge in [-0.05, 0) is 31.9 Å². The number of carbonyl (C=O) groups excluding carboxylic acids is 4. The Balaban J connectivity index is 1.78. The lowest BCUT2D eigenvalue weighted by atomic mass is 10.2. The van der Waals surface area contributed by atoms with Gasteiger partial charge >= 0.3 is 12.0 Å². The molecule has 3 N–H and O–H groups in total. The van der Waals surface area contributed by atoms with Gasteiger partial charge < -0.3 is 24.8 Å². The first-order valence-corrected chi connectivity index (χ1v) is 9.64. The van der Waals surface area contributed by atoms with Gasteiger partial charge in [0.2, 0.25) is 0 Å². The summed E-state index contributed by atoms with van der Waals surface area (Å²) < 4.78 is 15.2. The molecule has 30 heavy (non-hydrogen) atoms. The van der Waals surface area contributed by atoms with Gasteiger partial charge in [0.1, 0.15) is 18.0 Å². The lowest BCUT2D eigenvalue weighted by Gasteiger charge is -2.15. The van der Waals surface area contributed by atoms with Crippen LogP contribution in [0, 0.1) is 0 Å². The Morgan fingerprint density at radius 3 is 2.20 bits per heavy atom. The van der Waals surface area contributed by atoms with E-state index >= 15 is 0 Å². The summed E-state index contributed by atoms with van der Waals surface area (Å²) in [5, 5.41) is 7.25. The van der Waals surface area contributed by atoms with Crippen molar-refractivity contribution in [2.45, 2.75) is 44.8 Å². The molecule has 10 heteroatoms. The number of hydrogen-bond acceptors (Lipinski definition) is 7. The van der Waals surface area contributed by atoms with Crippen LogP contribution in [-0.2, 0) is 14.3 Å². The molecular weight excluding hydrogens is 394 g/mol. The van der Waals surface area contributed by atoms with Crippen molar-refractivity contribution >= 4 is 23.8 Å². The maximum Gasteiger partial charge on any atom is 0.326 e. The second-order valence-electron chi connectivity index (χ2n) is 6.86. The monoisotopic (exact) mass is 421 g/mol. The third kappa shape index (κ3) is 6.94. The Morgan fingerprint density at radius 1 is 1.03 bits per heavy atom. The number of imide groups is 1. The number of rotatable bonds is 8. The zero-order valence-corrected chi connectivity index (χ0v) is 17.3. The van der Waals surface area contributed by atoms with E-state index in [2.05, 4.69) is 16.0 Å². The molecule has 1 fully saturated rings. The fourth-order valence-corrected chi connectivity index (χ4v) is 2.99. The standard InChI is InChI=1S/C20H27N3O7/c1-12(18(25)23-20(27)22-14-6-4-5-7-14)30-17(24)11-21-19(26)13-8-15(28-2)10-16(9-13)29-3/h8-10,12,14H,4-7,11H2,1-3H3,(H,21,26)(H2,22,23,25,27)/t12-/m0/s1. The lowest BCUT2D eigenvalue weighted by molar-refractivity contribution is -0.153. The molecule has 0 spiro atoms. The quantitative estimate of drug-likeness (QED) is 0.536. The van der Waals surface area contributed by atoms with Crippen LogP contribution >= 0.6 is 0 Å². The molecule has 0 bridgehead atoms. The number of ether oxygens (including phenoxy) is 3. The van der Waals surface area contributed by atoms with E-state index in [1.165, 1.54) is 33.3 Å². The topological polar surface area (TPSA) is 132 Å². The van der Waals surface area contributed by atoms with Crippen LogP contribution in [0.3, 0.4) is 0 Å². The Kier molecular flexibility index (Phi) is 8.45. The van der Waals surface area contributed by atoms with E-state index in [1.54, 1.807) is 6.07 Å². The van der Waals surface area contributed by atoms with E-state index in [9.17, 15) is 19.2 Å². The normalized spacial score (nSPS) is 14.4. The van der Waals surface area contributed by atoms with Gasteiger partial charge in [-0.15, -0.1) is 0 Å². The number of nitrogens with one attached hydrogen (secondary N) is 3. The summed E-state index contributed by atoms with van der Waals surface area (Å²) in [4.78, 5) is 48.0. The minimum Gasteiger partial charge on any atom is -0.497 e. The fourth-order valence-electron chi connectivity index (χ4n) is 2.99. The molecule has 0 saturated heterocycles. The summed E-state index contributed by atoms with van der Waals surface area (Å²) in [5.74, 6) is -1.27. The van der Waals surface area contributed by atoms with Crippen LogP contribution in [0.5, 0.6) is 11.5 Å². The van der Waals surface area contributed by atoms with Crippen molar-refractivity contribution in [2.24, 2.45) is 0 Å². The Hall–Kier alpha value is -3.30. The molecule has 0 aromatic heterocycles. The van der Waals surface area contributed by atoms with Gasteiger partial charge in [-0.25, -0.2) is 4.79 Å². The van der Waals surface area contributed by atoms with Gasteiger partial charge in [0.05, 0.1) is 14.2 Å². The number of hydrogen-bond donors (Lipinski definition) is 3. The first-order valence-electron chi connectivity index (χ1n) is 9.64. The maximum atomic E-state index is 12.3. The van der Waals surface area contributed by atoms with Crippen LogP contribution in [0.1, 0.15) is 43.0 Å². The zero-order valence-electron chi connectivity index (χ0n) is 17.3. The zero-order chi connectivity index (χ0) is 22.1. The van der Waals surface area contributed by atoms with Crippen LogP contribution in [-0.4, -0.2) is 56.7 Å². The van der Waals surface area contributed by atoms with Crippen LogP contribution in [0.25, 0.3) is 0 Å². The average molecular weight is 421 g/mol. The molecule has 1 saturated carbocycles. The van der Waals surface area contributed by atoms with Crippen molar-refractivity contribution in [1.29, 1.82) is 0 Å². The summed E-state index contributed by atoms with van der Waals surface area (Å²) in [6.45, 7) is 0.884. The van der Waals surface area contributed by atoms with Crippen LogP contribution in [0.2, 0.25) is 0 Å². The van der Waals surface area contributed by atoms with Gasteiger partial charge in [0, 0.05) is 17.7 Å². The molecule has 0 unspecified atom stereocenters. The Morgan fingerprint density at radius 2 is 1.63 bits per heavy atom. The van der Waals surface area contributed by atoms with Crippen molar-refractivity contribution in [1.82, 2.24) is 16.0 Å². The van der Waals surface area contributed by atoms with Gasteiger partial charge in [0.15, 0.2) is 6.10 Å². The van der Waals surface area contributed by atoms with Crippen molar-refractivity contribution in [3.05, 3.63) is 23.8 Å². The molecule has 1 aliphatic rings. The number of amides is 4. The van der Waals surface area contributed by atoms with Crippen molar-refractivity contribution in [3.8, 4) is 11.5 Å². The molecular formula is C20H27N3O7. The highest BCUT2D eigenvalue weighted by atomic mass is 16.5. The van der Waals surface area contributed by atoms with Crippen LogP contribution in [0.15, 0.2) is 18.2 Å². The number of esters is 1. The summed E-state index contributed by atoms with van der Waals surface area (Å²) >= 11 is 0. The molecule has 1 aliphatic carbocycles. The SMILES string of the molecule is COc1cc(OC)cc(C(=O)NCC(=O)O[C@@H](C)C(=O)NC(=O)NC2CCCC2)c1. The van der Waals surface area contributed by atoms with E-state index < -0.39 is 36.5 Å². The largest absolute Gasteiger partial charge is 0.497 e. The van der Waals surface area contributed by atoms with E-state index in [0.29, 0.717) is 11.5 Å². The first-order chi connectivity index (χ1) is 14.3. The maximum absolute atomic E-state index is 12.3. The second kappa shape index (κ2) is 11.0. The van der Waals surface area contributed by atoms with Crippen LogP contribution < -0.4 is 25.4 Å². The highest BCUT2D eigenvalue weighted by molar-refractivity contribution is 5.98. The van der Waals surface area contributed by atoms with E-state index in [4.69, 9.17) is 14.2 Å². The number of carbonyl (C=O) groups is 4. The molecule has 10 nitrogen and oxygen atoms in total. The Bertz CT molecular complexity index is 768. The summed E-state index contributed by atoms with van der Waals surface area (Å²) in [6.07, 6.45) is 2.65. The molecule has 1 aromatic rings. The predicted octanol–water partition coefficient (Wildman–Crippen LogP) is 1.13. The summed E-state index contributed by atoms with van der Waals surface area (Å²) in [7, 11) is 2.91. The molecule has 164 valence electrons. The van der Waals surface area contributed by atoms with Gasteiger partial charge in [-0.3, -0.25) is 19.7 Å². The molecule has 1 atom stereocenters. The molecule has 4 amide bonds. The van der Waals surface area contributed by atoms with Gasteiger partial charge in [-0.2, -0.15) is 0 Å². The summed E-state index contributed by atoms with van der Waals surface area (Å²) in [6, 6.07) is 4.02.